The van der Waals surface area contributed by atoms with Gasteiger partial charge in [-0.2, -0.15) is 4.31 Å². The Morgan fingerprint density at radius 2 is 1.84 bits per heavy atom. The monoisotopic (exact) mass is 360 g/mol. The summed E-state index contributed by atoms with van der Waals surface area (Å²) in [5.74, 6) is 0.595. The van der Waals surface area contributed by atoms with Crippen LogP contribution in [-0.2, 0) is 10.0 Å². The molecule has 0 radical (unpaired) electrons. The fraction of sp³-hybridized carbons (Fsp3) is 0.333. The Morgan fingerprint density at radius 3 is 2.48 bits per heavy atom. The molecule has 0 bridgehead atoms. The Labute approximate surface area is 147 Å². The van der Waals surface area contributed by atoms with Gasteiger partial charge in [-0.25, -0.2) is 8.42 Å². The van der Waals surface area contributed by atoms with Crippen molar-refractivity contribution in [2.24, 2.45) is 0 Å². The largest absolute Gasteiger partial charge is 0.489 e. The molecule has 0 spiro atoms. The third-order valence-electron chi connectivity index (χ3n) is 4.19. The molecule has 0 aliphatic carbocycles. The second kappa shape index (κ2) is 7.33. The Morgan fingerprint density at radius 1 is 1.16 bits per heavy atom. The molecule has 1 aromatic carbocycles. The summed E-state index contributed by atoms with van der Waals surface area (Å²) in [5.41, 5.74) is 0.497. The third-order valence-corrected chi connectivity index (χ3v) is 6.07. The summed E-state index contributed by atoms with van der Waals surface area (Å²) in [6, 6.07) is 9.58. The zero-order valence-electron chi connectivity index (χ0n) is 14.0. The van der Waals surface area contributed by atoms with Crippen molar-refractivity contribution in [1.82, 2.24) is 9.29 Å². The molecule has 1 aliphatic rings. The molecular weight excluding hydrogens is 340 g/mol. The number of benzene rings is 1. The first kappa shape index (κ1) is 17.6. The van der Waals surface area contributed by atoms with E-state index in [1.807, 2.05) is 0 Å². The van der Waals surface area contributed by atoms with Crippen LogP contribution in [0.4, 0.5) is 0 Å². The highest BCUT2D eigenvalue weighted by molar-refractivity contribution is 7.89. The van der Waals surface area contributed by atoms with Crippen molar-refractivity contribution in [2.45, 2.75) is 30.8 Å². The molecule has 1 unspecified atom stereocenters. The first-order chi connectivity index (χ1) is 12.0. The molecule has 1 aliphatic heterocycles. The maximum absolute atomic E-state index is 12.8. The lowest BCUT2D eigenvalue weighted by Crippen LogP contribution is -2.44. The lowest BCUT2D eigenvalue weighted by atomic mass is 10.1. The highest BCUT2D eigenvalue weighted by Crippen LogP contribution is 2.23. The molecule has 132 valence electrons. The van der Waals surface area contributed by atoms with Gasteiger partial charge >= 0.3 is 0 Å². The van der Waals surface area contributed by atoms with E-state index < -0.39 is 10.0 Å². The first-order valence-electron chi connectivity index (χ1n) is 8.14. The van der Waals surface area contributed by atoms with Gasteiger partial charge in [-0.15, -0.1) is 0 Å². The van der Waals surface area contributed by atoms with Crippen LogP contribution in [0.1, 0.15) is 30.1 Å². The summed E-state index contributed by atoms with van der Waals surface area (Å²) in [6.45, 7) is 2.22. The van der Waals surface area contributed by atoms with E-state index in [0.717, 1.165) is 12.8 Å². The number of piperidine rings is 1. The third kappa shape index (κ3) is 4.05. The van der Waals surface area contributed by atoms with Gasteiger partial charge in [0.25, 0.3) is 0 Å². The minimum Gasteiger partial charge on any atom is -0.489 e. The zero-order valence-corrected chi connectivity index (χ0v) is 14.8. The highest BCUT2D eigenvalue weighted by atomic mass is 32.2. The number of rotatable bonds is 5. The molecule has 1 saturated heterocycles. The van der Waals surface area contributed by atoms with Crippen LogP contribution in [0.5, 0.6) is 5.75 Å². The van der Waals surface area contributed by atoms with Crippen LogP contribution < -0.4 is 4.74 Å². The van der Waals surface area contributed by atoms with Gasteiger partial charge in [-0.05, 0) is 44.0 Å². The number of ketones is 1. The second-order valence-corrected chi connectivity index (χ2v) is 7.95. The van der Waals surface area contributed by atoms with Crippen molar-refractivity contribution >= 4 is 15.8 Å². The topological polar surface area (TPSA) is 76.6 Å². The molecule has 0 N–H and O–H groups in total. The zero-order chi connectivity index (χ0) is 17.9. The lowest BCUT2D eigenvalue weighted by molar-refractivity contribution is 0.101. The molecule has 0 saturated carbocycles. The van der Waals surface area contributed by atoms with Crippen LogP contribution in [-0.4, -0.2) is 42.7 Å². The smallest absolute Gasteiger partial charge is 0.243 e. The summed E-state index contributed by atoms with van der Waals surface area (Å²) in [4.78, 5) is 15.5. The molecule has 2 aromatic rings. The average Bonchev–Trinajstić information content (AvgIpc) is 2.63. The minimum atomic E-state index is -3.60. The van der Waals surface area contributed by atoms with Gasteiger partial charge in [0.15, 0.2) is 5.78 Å². The number of sulfonamides is 1. The van der Waals surface area contributed by atoms with Gasteiger partial charge in [0.2, 0.25) is 10.0 Å². The highest BCUT2D eigenvalue weighted by Gasteiger charge is 2.31. The number of hydrogen-bond donors (Lipinski definition) is 0. The first-order valence-corrected chi connectivity index (χ1v) is 9.58. The number of hydrogen-bond acceptors (Lipinski definition) is 5. The summed E-state index contributed by atoms with van der Waals surface area (Å²) >= 11 is 0. The van der Waals surface area contributed by atoms with Gasteiger partial charge in [-0.1, -0.05) is 12.1 Å². The van der Waals surface area contributed by atoms with Crippen molar-refractivity contribution < 1.29 is 17.9 Å². The fourth-order valence-corrected chi connectivity index (χ4v) is 4.35. The molecule has 1 aromatic heterocycles. The van der Waals surface area contributed by atoms with Gasteiger partial charge in [0.1, 0.15) is 11.9 Å². The van der Waals surface area contributed by atoms with Crippen LogP contribution in [0.3, 0.4) is 0 Å². The van der Waals surface area contributed by atoms with Crippen LogP contribution in [0.25, 0.3) is 0 Å². The molecule has 7 heteroatoms. The normalized spacial score (nSPS) is 18.7. The van der Waals surface area contributed by atoms with E-state index in [1.165, 1.54) is 23.4 Å². The number of pyridine rings is 1. The number of nitrogens with zero attached hydrogens (tertiary/aromatic N) is 2. The van der Waals surface area contributed by atoms with Crippen molar-refractivity contribution in [3.05, 3.63) is 54.4 Å². The van der Waals surface area contributed by atoms with E-state index >= 15 is 0 Å². The predicted octanol–water partition coefficient (Wildman–Crippen LogP) is 2.52. The number of aromatic nitrogens is 1. The van der Waals surface area contributed by atoms with Crippen molar-refractivity contribution in [3.8, 4) is 5.75 Å². The Bertz CT molecular complexity index is 835. The Balaban J connectivity index is 1.74. The van der Waals surface area contributed by atoms with Gasteiger partial charge in [-0.3, -0.25) is 9.78 Å². The number of Topliss-reactive ketones (excluding diaryl/α,β-unsaturated/α-hetero) is 1. The van der Waals surface area contributed by atoms with E-state index in [4.69, 9.17) is 4.74 Å². The van der Waals surface area contributed by atoms with Gasteiger partial charge in [0, 0.05) is 24.5 Å². The summed E-state index contributed by atoms with van der Waals surface area (Å²) in [6.07, 6.45) is 4.63. The number of ether oxygens (including phenoxy) is 1. The Kier molecular flexibility index (Phi) is 5.15. The molecule has 25 heavy (non-hydrogen) atoms. The average molecular weight is 360 g/mol. The van der Waals surface area contributed by atoms with Crippen molar-refractivity contribution in [1.29, 1.82) is 0 Å². The maximum Gasteiger partial charge on any atom is 0.243 e. The second-order valence-electron chi connectivity index (χ2n) is 6.01. The minimum absolute atomic E-state index is 0.0901. The quantitative estimate of drug-likeness (QED) is 0.766. The fourth-order valence-electron chi connectivity index (χ4n) is 2.84. The molecule has 3 rings (SSSR count). The molecule has 0 amide bonds. The van der Waals surface area contributed by atoms with Crippen LogP contribution in [0, 0.1) is 0 Å². The van der Waals surface area contributed by atoms with Gasteiger partial charge < -0.3 is 4.74 Å². The predicted molar refractivity (Wildman–Crippen MR) is 93.1 cm³/mol. The number of carbonyl (C=O) groups is 1. The molecular formula is C18H20N2O4S. The molecule has 1 fully saturated rings. The van der Waals surface area contributed by atoms with Crippen LogP contribution in [0.2, 0.25) is 0 Å². The van der Waals surface area contributed by atoms with Crippen molar-refractivity contribution in [2.75, 3.05) is 13.1 Å². The summed E-state index contributed by atoms with van der Waals surface area (Å²) in [5, 5.41) is 0. The van der Waals surface area contributed by atoms with Crippen LogP contribution in [0.15, 0.2) is 53.7 Å². The molecule has 1 atom stereocenters. The Hall–Kier alpha value is -2.25. The van der Waals surface area contributed by atoms with E-state index in [1.54, 1.807) is 36.7 Å². The summed E-state index contributed by atoms with van der Waals surface area (Å²) < 4.78 is 33.0. The number of carbonyl (C=O) groups excluding carboxylic acids is 1. The van der Waals surface area contributed by atoms with E-state index in [2.05, 4.69) is 4.98 Å². The summed E-state index contributed by atoms with van der Waals surface area (Å²) in [7, 11) is -3.60. The van der Waals surface area contributed by atoms with Crippen molar-refractivity contribution in [3.63, 3.8) is 0 Å². The van der Waals surface area contributed by atoms with Crippen LogP contribution >= 0.6 is 0 Å². The maximum atomic E-state index is 12.8. The van der Waals surface area contributed by atoms with E-state index in [-0.39, 0.29) is 16.8 Å². The van der Waals surface area contributed by atoms with E-state index in [0.29, 0.717) is 24.4 Å². The van der Waals surface area contributed by atoms with Gasteiger partial charge in [0.05, 0.1) is 11.4 Å². The van der Waals surface area contributed by atoms with E-state index in [9.17, 15) is 13.2 Å². The SMILES string of the molecule is CC(=O)c1ccc(S(=O)(=O)N2CCCC(Oc3ccncc3)C2)cc1. The standard InChI is InChI=1S/C18H20N2O4S/c1-14(21)15-4-6-18(7-5-15)25(22,23)20-12-2-3-17(13-20)24-16-8-10-19-11-9-16/h4-11,17H,2-3,12-13H2,1H3. The molecule has 2 heterocycles. The lowest BCUT2D eigenvalue weighted by Gasteiger charge is -2.32. The molecule has 6 nitrogen and oxygen atoms in total.